The van der Waals surface area contributed by atoms with Gasteiger partial charge in [-0.25, -0.2) is 4.79 Å². The van der Waals surface area contributed by atoms with Gasteiger partial charge in [0.1, 0.15) is 18.3 Å². The van der Waals surface area contributed by atoms with Crippen molar-refractivity contribution in [3.8, 4) is 0 Å². The molecule has 36 heavy (non-hydrogen) atoms. The number of carbonyl (C=O) groups excluding carboxylic acids is 1. The molecule has 0 unspecified atom stereocenters. The van der Waals surface area contributed by atoms with Crippen LogP contribution in [0.5, 0.6) is 0 Å². The summed E-state index contributed by atoms with van der Waals surface area (Å²) >= 11 is 0. The van der Waals surface area contributed by atoms with Crippen molar-refractivity contribution in [1.82, 2.24) is 0 Å². The maximum absolute atomic E-state index is 13.1. The Hall–Kier alpha value is -0.0794. The second-order valence-electron chi connectivity index (χ2n) is 10.3. The highest BCUT2D eigenvalue weighted by molar-refractivity contribution is 6.74. The van der Waals surface area contributed by atoms with E-state index in [1.807, 2.05) is 0 Å². The number of nitrogens with two attached hydrogens (primary N) is 1. The number of carbonyl (C=O) groups is 1. The monoisotopic (exact) mass is 563 g/mol. The Morgan fingerprint density at radius 3 is 1.28 bits per heavy atom. The Bertz CT molecular complexity index is 618. The third-order valence-electron chi connectivity index (χ3n) is 9.26. The highest BCUT2D eigenvalue weighted by Gasteiger charge is 2.56. The highest BCUT2D eigenvalue weighted by atomic mass is 28.4. The van der Waals surface area contributed by atoms with Crippen LogP contribution in [0.25, 0.3) is 0 Å². The van der Waals surface area contributed by atoms with E-state index in [0.29, 0.717) is 0 Å². The molecule has 1 aliphatic rings. The summed E-state index contributed by atoms with van der Waals surface area (Å²) in [5.74, 6) is -0.418. The van der Waals surface area contributed by atoms with E-state index in [1.54, 1.807) is 0 Å². The number of hydrogen-bond acceptors (Lipinski definition) is 7. The summed E-state index contributed by atoms with van der Waals surface area (Å²) in [4.78, 5) is 13.1. The van der Waals surface area contributed by atoms with Gasteiger partial charge in [-0.3, -0.25) is 0 Å². The maximum Gasteiger partial charge on any atom is 0.337 e. The van der Waals surface area contributed by atoms with Crippen molar-refractivity contribution in [2.75, 3.05) is 13.7 Å². The van der Waals surface area contributed by atoms with Gasteiger partial charge in [-0.1, -0.05) is 62.3 Å². The van der Waals surface area contributed by atoms with E-state index in [-0.39, 0.29) is 12.6 Å². The van der Waals surface area contributed by atoms with Crippen molar-refractivity contribution in [3.05, 3.63) is 0 Å². The average Bonchev–Trinajstić information content (AvgIpc) is 2.94. The van der Waals surface area contributed by atoms with Crippen LogP contribution in [0.1, 0.15) is 62.3 Å². The number of ether oxygens (including phenoxy) is 2. The van der Waals surface area contributed by atoms with Crippen molar-refractivity contribution in [3.63, 3.8) is 0 Å². The summed E-state index contributed by atoms with van der Waals surface area (Å²) in [6.07, 6.45) is -2.65. The molecular weight excluding hydrogens is 507 g/mol. The smallest absolute Gasteiger partial charge is 0.337 e. The van der Waals surface area contributed by atoms with Crippen LogP contribution in [0.2, 0.25) is 54.4 Å². The van der Waals surface area contributed by atoms with E-state index in [4.69, 9.17) is 28.5 Å². The summed E-state index contributed by atoms with van der Waals surface area (Å²) in [7, 11) is -4.85. The van der Waals surface area contributed by atoms with Crippen LogP contribution in [0.15, 0.2) is 0 Å². The molecule has 0 spiro atoms. The maximum atomic E-state index is 13.1. The molecule has 1 saturated heterocycles. The molecule has 0 radical (unpaired) electrons. The first-order valence-electron chi connectivity index (χ1n) is 14.6. The summed E-state index contributed by atoms with van der Waals surface area (Å²) in [5, 5.41) is 0. The second kappa shape index (κ2) is 15.5. The van der Waals surface area contributed by atoms with E-state index in [9.17, 15) is 4.79 Å². The quantitative estimate of drug-likeness (QED) is 0.170. The molecule has 214 valence electrons. The summed E-state index contributed by atoms with van der Waals surface area (Å²) < 4.78 is 33.2. The summed E-state index contributed by atoms with van der Waals surface area (Å²) in [5.41, 5.74) is 6.30. The molecule has 0 aliphatic carbocycles. The van der Waals surface area contributed by atoms with Gasteiger partial charge in [0.25, 0.3) is 0 Å². The normalized spacial score (nSPS) is 25.7. The molecule has 1 fully saturated rings. The molecule has 1 aliphatic heterocycles. The van der Waals surface area contributed by atoms with E-state index in [2.05, 4.69) is 62.3 Å². The van der Waals surface area contributed by atoms with Crippen molar-refractivity contribution in [2.45, 2.75) is 147 Å². The van der Waals surface area contributed by atoms with Crippen molar-refractivity contribution in [2.24, 2.45) is 5.73 Å². The van der Waals surface area contributed by atoms with E-state index in [0.717, 1.165) is 54.4 Å². The molecule has 0 bridgehead atoms. The summed E-state index contributed by atoms with van der Waals surface area (Å²) in [6, 6.07) is 8.97. The third-order valence-corrected chi connectivity index (χ3v) is 23.2. The van der Waals surface area contributed by atoms with E-state index >= 15 is 0 Å². The standard InChI is InChI=1S/C26H57NO6Si3/c1-11-34(12-2,13-3)31-22-21(20-27)30-25(26(28)29-10)24(33-36(17-7,18-8)19-9)23(22)32-35(14-4,15-5)16-6/h21-25H,11-20,27H2,1-10H3/t21-,22+,23+,24-,25-/m1/s1. The van der Waals surface area contributed by atoms with Gasteiger partial charge >= 0.3 is 5.97 Å². The van der Waals surface area contributed by atoms with Crippen LogP contribution < -0.4 is 5.73 Å². The Morgan fingerprint density at radius 1 is 0.639 bits per heavy atom. The Morgan fingerprint density at radius 2 is 0.972 bits per heavy atom. The van der Waals surface area contributed by atoms with Gasteiger partial charge in [0.15, 0.2) is 31.1 Å². The Kier molecular flexibility index (Phi) is 14.6. The first-order chi connectivity index (χ1) is 17.1. The zero-order valence-corrected chi connectivity index (χ0v) is 28.0. The van der Waals surface area contributed by atoms with E-state index in [1.165, 1.54) is 7.11 Å². The van der Waals surface area contributed by atoms with Gasteiger partial charge in [0.2, 0.25) is 0 Å². The highest BCUT2D eigenvalue weighted by Crippen LogP contribution is 2.39. The van der Waals surface area contributed by atoms with Crippen molar-refractivity contribution >= 4 is 30.9 Å². The van der Waals surface area contributed by atoms with Gasteiger partial charge < -0.3 is 28.5 Å². The largest absolute Gasteiger partial charge is 0.467 e. The molecule has 5 atom stereocenters. The fourth-order valence-electron chi connectivity index (χ4n) is 5.68. The van der Waals surface area contributed by atoms with Crippen LogP contribution in [-0.4, -0.2) is 75.1 Å². The zero-order chi connectivity index (χ0) is 27.6. The lowest BCUT2D eigenvalue weighted by Crippen LogP contribution is -2.69. The topological polar surface area (TPSA) is 89.2 Å². The number of hydrogen-bond donors (Lipinski definition) is 1. The minimum Gasteiger partial charge on any atom is -0.467 e. The molecular formula is C26H57NO6Si3. The van der Waals surface area contributed by atoms with E-state index < -0.39 is 55.3 Å². The molecule has 0 amide bonds. The fourth-order valence-corrected chi connectivity index (χ4v) is 14.2. The Balaban J connectivity index is 3.79. The average molecular weight is 564 g/mol. The van der Waals surface area contributed by atoms with Crippen molar-refractivity contribution < 1.29 is 27.5 Å². The predicted octanol–water partition coefficient (Wildman–Crippen LogP) is 6.06. The minimum absolute atomic E-state index is 0.253. The van der Waals surface area contributed by atoms with Gasteiger partial charge in [-0.2, -0.15) is 0 Å². The molecule has 2 N–H and O–H groups in total. The van der Waals surface area contributed by atoms with Gasteiger partial charge in [-0.15, -0.1) is 0 Å². The molecule has 1 rings (SSSR count). The first-order valence-corrected chi connectivity index (χ1v) is 22.2. The van der Waals surface area contributed by atoms with Crippen LogP contribution in [0.3, 0.4) is 0 Å². The zero-order valence-electron chi connectivity index (χ0n) is 25.0. The lowest BCUT2D eigenvalue weighted by atomic mass is 9.95. The van der Waals surface area contributed by atoms with Gasteiger partial charge in [-0.05, 0) is 54.4 Å². The van der Waals surface area contributed by atoms with Crippen LogP contribution in [0, 0.1) is 0 Å². The number of esters is 1. The Labute approximate surface area is 224 Å². The predicted molar refractivity (Wildman–Crippen MR) is 156 cm³/mol. The van der Waals surface area contributed by atoms with Gasteiger partial charge in [0.05, 0.1) is 13.2 Å². The minimum atomic E-state index is -2.13. The van der Waals surface area contributed by atoms with Crippen molar-refractivity contribution in [1.29, 1.82) is 0 Å². The second-order valence-corrected chi connectivity index (χ2v) is 24.5. The summed E-state index contributed by atoms with van der Waals surface area (Å²) in [6.45, 7) is 20.2. The van der Waals surface area contributed by atoms with Gasteiger partial charge in [0, 0.05) is 6.54 Å². The first kappa shape index (κ1) is 33.9. The lowest BCUT2D eigenvalue weighted by Gasteiger charge is -2.52. The molecule has 7 nitrogen and oxygen atoms in total. The number of rotatable bonds is 17. The molecule has 0 aromatic heterocycles. The fraction of sp³-hybridized carbons (Fsp3) is 0.962. The number of methoxy groups -OCH3 is 1. The SMILES string of the molecule is CC[Si](CC)(CC)O[C@H]1[C@@H](O[Si](CC)(CC)CC)[C@@H](CN)O[C@@H](C(=O)OC)[C@@H]1O[Si](CC)(CC)CC. The molecule has 1 heterocycles. The molecule has 0 saturated carbocycles. The lowest BCUT2D eigenvalue weighted by molar-refractivity contribution is -0.216. The molecule has 0 aromatic carbocycles. The van der Waals surface area contributed by atoms with Crippen LogP contribution in [-0.2, 0) is 27.5 Å². The third kappa shape index (κ3) is 7.52. The van der Waals surface area contributed by atoms with Crippen LogP contribution >= 0.6 is 0 Å². The molecule has 10 heteroatoms. The molecule has 0 aromatic rings. The van der Waals surface area contributed by atoms with Crippen LogP contribution in [0.4, 0.5) is 0 Å².